The van der Waals surface area contributed by atoms with Crippen LogP contribution in [0.25, 0.3) is 27.8 Å². The van der Waals surface area contributed by atoms with Crippen LogP contribution in [0.15, 0.2) is 67.0 Å². The summed E-state index contributed by atoms with van der Waals surface area (Å²) in [7, 11) is 3.25. The predicted octanol–water partition coefficient (Wildman–Crippen LogP) is 4.85. The van der Waals surface area contributed by atoms with Crippen LogP contribution in [0.5, 0.6) is 0 Å². The first-order valence-corrected chi connectivity index (χ1v) is 10.8. The van der Waals surface area contributed by atoms with Gasteiger partial charge in [-0.15, -0.1) is 0 Å². The standard InChI is InChI=1S/C25H19F3N6O2/c1-33(2)23(36)17-7-4-10-34-13-20(29-21(17)34)22(35)32-24-30-18-9-8-15(12-19(18)31-24)14-5-3-6-16(11-14)25(26,27)28/h3-13H,1-2H3,(H2,30,31,32,35). The minimum atomic E-state index is -4.44. The minimum absolute atomic E-state index is 0.0825. The molecule has 2 N–H and O–H groups in total. The quantitative estimate of drug-likeness (QED) is 0.375. The fraction of sp³-hybridized carbons (Fsp3) is 0.120. The summed E-state index contributed by atoms with van der Waals surface area (Å²) >= 11 is 0. The van der Waals surface area contributed by atoms with Gasteiger partial charge in [-0.05, 0) is 47.5 Å². The van der Waals surface area contributed by atoms with Crippen molar-refractivity contribution in [3.8, 4) is 11.1 Å². The number of carbonyl (C=O) groups excluding carboxylic acids is 2. The Morgan fingerprint density at radius 1 is 1.00 bits per heavy atom. The number of imidazole rings is 2. The number of aromatic amines is 1. The first-order chi connectivity index (χ1) is 17.1. The third-order valence-corrected chi connectivity index (χ3v) is 5.59. The molecule has 11 heteroatoms. The molecule has 5 rings (SSSR count). The first-order valence-electron chi connectivity index (χ1n) is 10.8. The molecule has 8 nitrogen and oxygen atoms in total. The second kappa shape index (κ2) is 8.52. The van der Waals surface area contributed by atoms with Crippen LogP contribution < -0.4 is 5.32 Å². The first kappa shape index (κ1) is 23.1. The number of nitrogens with one attached hydrogen (secondary N) is 2. The highest BCUT2D eigenvalue weighted by Gasteiger charge is 2.30. The van der Waals surface area contributed by atoms with Crippen molar-refractivity contribution in [3.05, 3.63) is 83.8 Å². The molecule has 0 bridgehead atoms. The van der Waals surface area contributed by atoms with Crippen LogP contribution in [0.4, 0.5) is 19.1 Å². The van der Waals surface area contributed by atoms with Crippen LogP contribution in [-0.2, 0) is 6.18 Å². The van der Waals surface area contributed by atoms with E-state index in [2.05, 4.69) is 20.3 Å². The molecule has 0 unspecified atom stereocenters. The van der Waals surface area contributed by atoms with Gasteiger partial charge in [-0.2, -0.15) is 13.2 Å². The number of nitrogens with zero attached hydrogens (tertiary/aromatic N) is 4. The van der Waals surface area contributed by atoms with Crippen molar-refractivity contribution in [1.29, 1.82) is 0 Å². The Kier molecular flexibility index (Phi) is 5.47. The van der Waals surface area contributed by atoms with Crippen molar-refractivity contribution in [1.82, 2.24) is 24.3 Å². The monoisotopic (exact) mass is 492 g/mol. The molecule has 0 saturated heterocycles. The zero-order valence-corrected chi connectivity index (χ0v) is 19.1. The van der Waals surface area contributed by atoms with Crippen LogP contribution in [0.2, 0.25) is 0 Å². The highest BCUT2D eigenvalue weighted by Crippen LogP contribution is 2.33. The van der Waals surface area contributed by atoms with Crippen molar-refractivity contribution < 1.29 is 22.8 Å². The molecular weight excluding hydrogens is 473 g/mol. The molecule has 182 valence electrons. The van der Waals surface area contributed by atoms with Crippen LogP contribution >= 0.6 is 0 Å². The third kappa shape index (κ3) is 4.26. The number of fused-ring (bicyclic) bond motifs is 2. The van der Waals surface area contributed by atoms with Gasteiger partial charge in [0.1, 0.15) is 5.69 Å². The summed E-state index contributed by atoms with van der Waals surface area (Å²) in [5, 5.41) is 2.64. The molecule has 0 saturated carbocycles. The fourth-order valence-electron chi connectivity index (χ4n) is 3.83. The molecule has 2 aromatic carbocycles. The topological polar surface area (TPSA) is 95.4 Å². The van der Waals surface area contributed by atoms with Gasteiger partial charge in [-0.3, -0.25) is 14.9 Å². The molecule has 0 atom stereocenters. The molecule has 3 heterocycles. The zero-order chi connectivity index (χ0) is 25.6. The number of alkyl halides is 3. The summed E-state index contributed by atoms with van der Waals surface area (Å²) in [6.45, 7) is 0. The highest BCUT2D eigenvalue weighted by atomic mass is 19.4. The molecule has 36 heavy (non-hydrogen) atoms. The van der Waals surface area contributed by atoms with Gasteiger partial charge in [0.15, 0.2) is 5.65 Å². The molecule has 5 aromatic rings. The van der Waals surface area contributed by atoms with Crippen LogP contribution in [0.3, 0.4) is 0 Å². The fourth-order valence-corrected chi connectivity index (χ4v) is 3.83. The van der Waals surface area contributed by atoms with E-state index in [1.807, 2.05) is 0 Å². The number of carbonyl (C=O) groups is 2. The maximum Gasteiger partial charge on any atom is 0.416 e. The molecule has 0 aliphatic heterocycles. The van der Waals surface area contributed by atoms with E-state index in [-0.39, 0.29) is 17.5 Å². The summed E-state index contributed by atoms with van der Waals surface area (Å²) in [6.07, 6.45) is -1.25. The second-order valence-electron chi connectivity index (χ2n) is 8.33. The van der Waals surface area contributed by atoms with Crippen molar-refractivity contribution in [3.63, 3.8) is 0 Å². The smallest absolute Gasteiger partial charge is 0.345 e. The Labute approximate surface area is 202 Å². The molecule has 3 aromatic heterocycles. The number of hydrogen-bond acceptors (Lipinski definition) is 4. The number of benzene rings is 2. The van der Waals surface area contributed by atoms with Gasteiger partial charge >= 0.3 is 6.18 Å². The molecule has 0 spiro atoms. The third-order valence-electron chi connectivity index (χ3n) is 5.59. The van der Waals surface area contributed by atoms with Gasteiger partial charge in [0.25, 0.3) is 11.8 Å². The Morgan fingerprint density at radius 3 is 2.53 bits per heavy atom. The summed E-state index contributed by atoms with van der Waals surface area (Å²) in [4.78, 5) is 38.3. The molecule has 0 radical (unpaired) electrons. The number of aromatic nitrogens is 4. The van der Waals surface area contributed by atoms with Gasteiger partial charge < -0.3 is 14.3 Å². The van der Waals surface area contributed by atoms with Gasteiger partial charge in [0.05, 0.1) is 22.2 Å². The summed E-state index contributed by atoms with van der Waals surface area (Å²) in [5.41, 5.74) is 2.07. The zero-order valence-electron chi connectivity index (χ0n) is 19.1. The van der Waals surface area contributed by atoms with Crippen molar-refractivity contribution in [2.24, 2.45) is 0 Å². The Morgan fingerprint density at radius 2 is 1.78 bits per heavy atom. The number of rotatable bonds is 4. The van der Waals surface area contributed by atoms with Crippen LogP contribution in [-0.4, -0.2) is 50.2 Å². The number of anilines is 1. The highest BCUT2D eigenvalue weighted by molar-refractivity contribution is 6.04. The van der Waals surface area contributed by atoms with E-state index in [1.165, 1.54) is 17.2 Å². The maximum atomic E-state index is 13.1. The average Bonchev–Trinajstić information content (AvgIpc) is 3.46. The Hall–Kier alpha value is -4.67. The lowest BCUT2D eigenvalue weighted by Gasteiger charge is -2.10. The van der Waals surface area contributed by atoms with Gasteiger partial charge in [-0.25, -0.2) is 9.97 Å². The number of pyridine rings is 1. The number of halogens is 3. The summed E-state index contributed by atoms with van der Waals surface area (Å²) < 4.78 is 40.8. The van der Waals surface area contributed by atoms with Crippen molar-refractivity contribution in [2.75, 3.05) is 19.4 Å². The lowest BCUT2D eigenvalue weighted by molar-refractivity contribution is -0.137. The number of hydrogen-bond donors (Lipinski definition) is 2. The minimum Gasteiger partial charge on any atom is -0.345 e. The summed E-state index contributed by atoms with van der Waals surface area (Å²) in [5.74, 6) is -0.635. The van der Waals surface area contributed by atoms with E-state index < -0.39 is 17.6 Å². The SMILES string of the molecule is CN(C)C(=O)c1cccn2cc(C(=O)Nc3nc4ccc(-c5cccc(C(F)(F)F)c5)cc4[nH]3)nc12. The lowest BCUT2D eigenvalue weighted by atomic mass is 10.0. The Bertz CT molecular complexity index is 1630. The van der Waals surface area contributed by atoms with Crippen molar-refractivity contribution >= 4 is 34.4 Å². The van der Waals surface area contributed by atoms with Crippen LogP contribution in [0.1, 0.15) is 26.4 Å². The number of H-pyrrole nitrogens is 1. The predicted molar refractivity (Wildman–Crippen MR) is 128 cm³/mol. The maximum absolute atomic E-state index is 13.1. The van der Waals surface area contributed by atoms with E-state index >= 15 is 0 Å². The number of amides is 2. The van der Waals surface area contributed by atoms with Gasteiger partial charge in [0, 0.05) is 26.5 Å². The molecule has 0 fully saturated rings. The van der Waals surface area contributed by atoms with Crippen molar-refractivity contribution in [2.45, 2.75) is 6.18 Å². The molecule has 0 aliphatic carbocycles. The summed E-state index contributed by atoms with van der Waals surface area (Å²) in [6, 6.07) is 13.3. The second-order valence-corrected chi connectivity index (χ2v) is 8.33. The van der Waals surface area contributed by atoms with E-state index in [0.717, 1.165) is 12.1 Å². The van der Waals surface area contributed by atoms with E-state index in [1.54, 1.807) is 61.1 Å². The van der Waals surface area contributed by atoms with Gasteiger partial charge in [0.2, 0.25) is 5.95 Å². The largest absolute Gasteiger partial charge is 0.416 e. The molecule has 2 amide bonds. The molecule has 0 aliphatic rings. The van der Waals surface area contributed by atoms with E-state index in [9.17, 15) is 22.8 Å². The van der Waals surface area contributed by atoms with E-state index in [4.69, 9.17) is 0 Å². The normalized spacial score (nSPS) is 11.7. The van der Waals surface area contributed by atoms with Gasteiger partial charge in [-0.1, -0.05) is 18.2 Å². The van der Waals surface area contributed by atoms with E-state index in [0.29, 0.717) is 33.4 Å². The van der Waals surface area contributed by atoms with Crippen LogP contribution in [0, 0.1) is 0 Å². The molecular formula is C25H19F3N6O2. The average molecular weight is 492 g/mol. The lowest BCUT2D eigenvalue weighted by Crippen LogP contribution is -2.22. The Balaban J connectivity index is 1.41.